The van der Waals surface area contributed by atoms with Gasteiger partial charge in [-0.2, -0.15) is 0 Å². The van der Waals surface area contributed by atoms with Crippen molar-refractivity contribution in [3.05, 3.63) is 29.0 Å². The van der Waals surface area contributed by atoms with E-state index < -0.39 is 0 Å². The molecule has 1 aliphatic rings. The molecule has 96 valence electrons. The van der Waals surface area contributed by atoms with E-state index in [4.69, 9.17) is 0 Å². The Kier molecular flexibility index (Phi) is 3.48. The lowest BCUT2D eigenvalue weighted by Gasteiger charge is -2.09. The summed E-state index contributed by atoms with van der Waals surface area (Å²) in [7, 11) is 0. The summed E-state index contributed by atoms with van der Waals surface area (Å²) >= 11 is 1.81. The fourth-order valence-corrected chi connectivity index (χ4v) is 3.36. The Balaban J connectivity index is 1.62. The number of aryl methyl sites for hydroxylation is 1. The number of imidazole rings is 1. The molecule has 18 heavy (non-hydrogen) atoms. The van der Waals surface area contributed by atoms with Gasteiger partial charge in [-0.1, -0.05) is 12.8 Å². The van der Waals surface area contributed by atoms with Crippen LogP contribution < -0.4 is 5.32 Å². The molecular weight excluding hydrogens is 242 g/mol. The van der Waals surface area contributed by atoms with Gasteiger partial charge in [0.2, 0.25) is 0 Å². The zero-order valence-corrected chi connectivity index (χ0v) is 11.5. The van der Waals surface area contributed by atoms with Gasteiger partial charge >= 0.3 is 0 Å². The first kappa shape index (κ1) is 11.9. The van der Waals surface area contributed by atoms with Crippen molar-refractivity contribution in [2.24, 2.45) is 0 Å². The number of hydrogen-bond acceptors (Lipinski definition) is 3. The smallest absolute Gasteiger partial charge is 0.120 e. The normalized spacial score (nSPS) is 16.5. The molecule has 0 saturated heterocycles. The van der Waals surface area contributed by atoms with Gasteiger partial charge in [-0.15, -0.1) is 11.3 Å². The molecule has 2 aromatic rings. The lowest BCUT2D eigenvalue weighted by molar-refractivity contribution is 0.515. The highest BCUT2D eigenvalue weighted by atomic mass is 32.1. The second kappa shape index (κ2) is 5.24. The van der Waals surface area contributed by atoms with Crippen LogP contribution in [0.1, 0.15) is 36.4 Å². The van der Waals surface area contributed by atoms with Crippen molar-refractivity contribution >= 4 is 11.3 Å². The summed E-state index contributed by atoms with van der Waals surface area (Å²) in [4.78, 5) is 10.5. The van der Waals surface area contributed by atoms with Crippen LogP contribution in [0.2, 0.25) is 0 Å². The Labute approximate surface area is 112 Å². The third kappa shape index (κ3) is 2.65. The van der Waals surface area contributed by atoms with Crippen LogP contribution in [-0.4, -0.2) is 16.0 Å². The van der Waals surface area contributed by atoms with Gasteiger partial charge in [0, 0.05) is 10.9 Å². The lowest BCUT2D eigenvalue weighted by atomic mass is 10.2. The maximum absolute atomic E-state index is 4.45. The van der Waals surface area contributed by atoms with Crippen molar-refractivity contribution in [3.63, 3.8) is 0 Å². The molecule has 3 nitrogen and oxygen atoms in total. The molecule has 2 aromatic heterocycles. The van der Waals surface area contributed by atoms with Gasteiger partial charge in [0.05, 0.1) is 23.3 Å². The molecule has 0 atom stereocenters. The highest BCUT2D eigenvalue weighted by Crippen LogP contribution is 2.26. The SMILES string of the molecule is Cc1ccc(-c2cnc(CNC3CCCC3)[nH]2)s1. The van der Waals surface area contributed by atoms with Crippen LogP contribution in [0, 0.1) is 6.92 Å². The number of H-pyrrole nitrogens is 1. The van der Waals surface area contributed by atoms with Crippen LogP contribution in [-0.2, 0) is 6.54 Å². The minimum atomic E-state index is 0.697. The predicted molar refractivity (Wildman–Crippen MR) is 75.7 cm³/mol. The molecule has 2 N–H and O–H groups in total. The fourth-order valence-electron chi connectivity index (χ4n) is 2.53. The van der Waals surface area contributed by atoms with Gasteiger partial charge in [0.15, 0.2) is 0 Å². The molecule has 3 rings (SSSR count). The number of aromatic nitrogens is 2. The number of aromatic amines is 1. The van der Waals surface area contributed by atoms with Gasteiger partial charge in [-0.05, 0) is 31.9 Å². The fraction of sp³-hybridized carbons (Fsp3) is 0.500. The highest BCUT2D eigenvalue weighted by molar-refractivity contribution is 7.15. The van der Waals surface area contributed by atoms with Gasteiger partial charge in [-0.25, -0.2) is 4.98 Å². The molecule has 0 bridgehead atoms. The Morgan fingerprint density at radius 1 is 1.39 bits per heavy atom. The van der Waals surface area contributed by atoms with Crippen LogP contribution in [0.5, 0.6) is 0 Å². The number of nitrogens with one attached hydrogen (secondary N) is 2. The third-order valence-electron chi connectivity index (χ3n) is 3.55. The second-order valence-electron chi connectivity index (χ2n) is 5.02. The Morgan fingerprint density at radius 3 is 2.94 bits per heavy atom. The van der Waals surface area contributed by atoms with Crippen molar-refractivity contribution in [3.8, 4) is 10.6 Å². The van der Waals surface area contributed by atoms with E-state index in [9.17, 15) is 0 Å². The third-order valence-corrected chi connectivity index (χ3v) is 4.58. The number of rotatable bonds is 4. The maximum atomic E-state index is 4.45. The molecule has 1 fully saturated rings. The van der Waals surface area contributed by atoms with E-state index in [1.54, 1.807) is 11.3 Å². The number of hydrogen-bond donors (Lipinski definition) is 2. The zero-order valence-electron chi connectivity index (χ0n) is 10.7. The summed E-state index contributed by atoms with van der Waals surface area (Å²) in [6.45, 7) is 2.99. The van der Waals surface area contributed by atoms with Crippen molar-refractivity contribution in [2.75, 3.05) is 0 Å². The molecule has 4 heteroatoms. The minimum absolute atomic E-state index is 0.697. The summed E-state index contributed by atoms with van der Waals surface area (Å²) in [5.41, 5.74) is 1.14. The van der Waals surface area contributed by atoms with E-state index in [1.807, 2.05) is 6.20 Å². The summed E-state index contributed by atoms with van der Waals surface area (Å²) in [5.74, 6) is 1.04. The molecule has 0 aromatic carbocycles. The topological polar surface area (TPSA) is 40.7 Å². The monoisotopic (exact) mass is 261 g/mol. The van der Waals surface area contributed by atoms with Crippen LogP contribution in [0.15, 0.2) is 18.3 Å². The van der Waals surface area contributed by atoms with E-state index in [-0.39, 0.29) is 0 Å². The van der Waals surface area contributed by atoms with E-state index >= 15 is 0 Å². The van der Waals surface area contributed by atoms with Crippen molar-refractivity contribution in [1.29, 1.82) is 0 Å². The first-order chi connectivity index (χ1) is 8.81. The van der Waals surface area contributed by atoms with Crippen LogP contribution in [0.25, 0.3) is 10.6 Å². The number of nitrogens with zero attached hydrogens (tertiary/aromatic N) is 1. The van der Waals surface area contributed by atoms with Crippen molar-refractivity contribution < 1.29 is 0 Å². The van der Waals surface area contributed by atoms with E-state index in [0.717, 1.165) is 18.1 Å². The van der Waals surface area contributed by atoms with Gasteiger partial charge in [0.25, 0.3) is 0 Å². The predicted octanol–water partition coefficient (Wildman–Crippen LogP) is 3.48. The first-order valence-corrected chi connectivity index (χ1v) is 7.47. The largest absolute Gasteiger partial charge is 0.340 e. The average Bonchev–Trinajstić information content (AvgIpc) is 3.07. The summed E-state index contributed by atoms with van der Waals surface area (Å²) in [6.07, 6.45) is 7.32. The minimum Gasteiger partial charge on any atom is -0.340 e. The van der Waals surface area contributed by atoms with Crippen LogP contribution in [0.4, 0.5) is 0 Å². The zero-order chi connectivity index (χ0) is 12.4. The molecule has 2 heterocycles. The summed E-state index contributed by atoms with van der Waals surface area (Å²) in [5, 5.41) is 3.58. The van der Waals surface area contributed by atoms with E-state index in [1.165, 1.54) is 35.4 Å². The van der Waals surface area contributed by atoms with Crippen molar-refractivity contribution in [2.45, 2.75) is 45.2 Å². The lowest BCUT2D eigenvalue weighted by Crippen LogP contribution is -2.25. The van der Waals surface area contributed by atoms with E-state index in [2.05, 4.69) is 34.3 Å². The summed E-state index contributed by atoms with van der Waals surface area (Å²) in [6, 6.07) is 5.00. The Morgan fingerprint density at radius 2 is 2.22 bits per heavy atom. The van der Waals surface area contributed by atoms with Crippen LogP contribution >= 0.6 is 11.3 Å². The molecule has 0 aliphatic heterocycles. The number of thiophene rings is 1. The van der Waals surface area contributed by atoms with Gasteiger partial charge in [-0.3, -0.25) is 0 Å². The Hall–Kier alpha value is -1.13. The maximum Gasteiger partial charge on any atom is 0.120 e. The molecule has 0 amide bonds. The molecule has 1 saturated carbocycles. The first-order valence-electron chi connectivity index (χ1n) is 6.65. The second-order valence-corrected chi connectivity index (χ2v) is 6.30. The van der Waals surface area contributed by atoms with E-state index in [0.29, 0.717) is 6.04 Å². The summed E-state index contributed by atoms with van der Waals surface area (Å²) < 4.78 is 0. The average molecular weight is 261 g/mol. The quantitative estimate of drug-likeness (QED) is 0.884. The van der Waals surface area contributed by atoms with Gasteiger partial charge < -0.3 is 10.3 Å². The standard InChI is InChI=1S/C14H19N3S/c1-10-6-7-13(18-10)12-8-16-14(17-12)9-15-11-4-2-3-5-11/h6-8,11,15H,2-5,9H2,1H3,(H,16,17). The van der Waals surface area contributed by atoms with Crippen molar-refractivity contribution in [1.82, 2.24) is 15.3 Å². The molecule has 0 radical (unpaired) electrons. The highest BCUT2D eigenvalue weighted by Gasteiger charge is 2.14. The molecule has 0 unspecified atom stereocenters. The van der Waals surface area contributed by atoms with Crippen LogP contribution in [0.3, 0.4) is 0 Å². The Bertz CT molecular complexity index is 509. The molecule has 0 spiro atoms. The molecular formula is C14H19N3S. The van der Waals surface area contributed by atoms with Gasteiger partial charge in [0.1, 0.15) is 5.82 Å². The molecule has 1 aliphatic carbocycles.